The minimum absolute atomic E-state index is 0.650. The minimum Gasteiger partial charge on any atom is -0.208 e. The van der Waals surface area contributed by atoms with Gasteiger partial charge in [-0.05, 0) is 74.1 Å². The van der Waals surface area contributed by atoms with Gasteiger partial charge in [-0.25, -0.2) is 15.0 Å². The lowest BCUT2D eigenvalue weighted by Crippen LogP contribution is -2.01. The fourth-order valence-electron chi connectivity index (χ4n) is 7.15. The van der Waals surface area contributed by atoms with Crippen LogP contribution < -0.4 is 0 Å². The van der Waals surface area contributed by atoms with Crippen molar-refractivity contribution in [2.75, 3.05) is 0 Å². The van der Waals surface area contributed by atoms with Crippen LogP contribution in [0.5, 0.6) is 0 Å². The first-order valence-corrected chi connectivity index (χ1v) is 17.9. The van der Waals surface area contributed by atoms with Crippen LogP contribution in [0, 0.1) is 0 Å². The maximum Gasteiger partial charge on any atom is 0.165 e. The highest BCUT2D eigenvalue weighted by molar-refractivity contribution is 7.26. The standard InChI is InChI=1S/C47H29N3S/c1-2-12-31(13-3-1)38-15-6-7-17-41(38)46-48-45(49-47(50-46)42-19-10-18-40-39-16-8-9-20-43(39)51-44(40)42)37-26-25-35-28-34(23-24-36(35)29-37)33-22-21-30-11-4-5-14-32(30)27-33/h1-29H. The lowest BCUT2D eigenvalue weighted by atomic mass is 9.97. The van der Waals surface area contributed by atoms with Crippen LogP contribution >= 0.6 is 11.3 Å². The molecule has 2 aromatic heterocycles. The smallest absolute Gasteiger partial charge is 0.165 e. The van der Waals surface area contributed by atoms with E-state index in [0.29, 0.717) is 17.5 Å². The Morgan fingerprint density at radius 3 is 1.65 bits per heavy atom. The molecule has 0 bridgehead atoms. The molecule has 3 nitrogen and oxygen atoms in total. The van der Waals surface area contributed by atoms with E-state index in [9.17, 15) is 0 Å². The average molecular weight is 668 g/mol. The Balaban J connectivity index is 1.14. The molecule has 8 aromatic carbocycles. The van der Waals surface area contributed by atoms with Crippen molar-refractivity contribution in [2.45, 2.75) is 0 Å². The molecule has 0 saturated carbocycles. The molecule has 4 heteroatoms. The molecule has 10 rings (SSSR count). The van der Waals surface area contributed by atoms with Crippen molar-refractivity contribution in [3.63, 3.8) is 0 Å². The van der Waals surface area contributed by atoms with Gasteiger partial charge in [0, 0.05) is 36.9 Å². The van der Waals surface area contributed by atoms with Crippen molar-refractivity contribution in [1.82, 2.24) is 15.0 Å². The second-order valence-corrected chi connectivity index (χ2v) is 13.9. The monoisotopic (exact) mass is 667 g/mol. The zero-order chi connectivity index (χ0) is 33.7. The van der Waals surface area contributed by atoms with E-state index in [1.807, 2.05) is 6.07 Å². The molecular weight excluding hydrogens is 639 g/mol. The number of hydrogen-bond donors (Lipinski definition) is 0. The van der Waals surface area contributed by atoms with E-state index in [1.54, 1.807) is 11.3 Å². The average Bonchev–Trinajstić information content (AvgIpc) is 3.59. The Labute approximate surface area is 299 Å². The van der Waals surface area contributed by atoms with Crippen LogP contribution in [0.25, 0.3) is 98.1 Å². The zero-order valence-electron chi connectivity index (χ0n) is 27.5. The summed E-state index contributed by atoms with van der Waals surface area (Å²) in [5.74, 6) is 1.97. The molecule has 0 atom stereocenters. The molecule has 0 saturated heterocycles. The summed E-state index contributed by atoms with van der Waals surface area (Å²) in [7, 11) is 0. The molecule has 0 amide bonds. The first kappa shape index (κ1) is 29.4. The third-order valence-corrected chi connectivity index (χ3v) is 10.9. The van der Waals surface area contributed by atoms with Gasteiger partial charge >= 0.3 is 0 Å². The predicted molar refractivity (Wildman–Crippen MR) is 215 cm³/mol. The molecule has 0 spiro atoms. The molecule has 0 fully saturated rings. The van der Waals surface area contributed by atoms with Crippen LogP contribution in [0.2, 0.25) is 0 Å². The summed E-state index contributed by atoms with van der Waals surface area (Å²) in [4.78, 5) is 15.6. The van der Waals surface area contributed by atoms with E-state index in [1.165, 1.54) is 47.5 Å². The second-order valence-electron chi connectivity index (χ2n) is 12.8. The summed E-state index contributed by atoms with van der Waals surface area (Å²) >= 11 is 1.79. The molecule has 0 aliphatic carbocycles. The number of benzene rings is 8. The number of nitrogens with zero attached hydrogens (tertiary/aromatic N) is 3. The Kier molecular flexibility index (Phi) is 7.00. The highest BCUT2D eigenvalue weighted by Crippen LogP contribution is 2.40. The van der Waals surface area contributed by atoms with Gasteiger partial charge in [-0.2, -0.15) is 0 Å². The van der Waals surface area contributed by atoms with Crippen LogP contribution in [0.3, 0.4) is 0 Å². The fraction of sp³-hybridized carbons (Fsp3) is 0. The molecule has 51 heavy (non-hydrogen) atoms. The molecular formula is C47H29N3S. The Morgan fingerprint density at radius 2 is 0.843 bits per heavy atom. The fourth-order valence-corrected chi connectivity index (χ4v) is 8.36. The third kappa shape index (κ3) is 5.25. The molecule has 10 aromatic rings. The first-order chi connectivity index (χ1) is 25.2. The van der Waals surface area contributed by atoms with Crippen molar-refractivity contribution < 1.29 is 0 Å². The van der Waals surface area contributed by atoms with Gasteiger partial charge in [0.15, 0.2) is 17.5 Å². The highest BCUT2D eigenvalue weighted by Gasteiger charge is 2.18. The summed E-state index contributed by atoms with van der Waals surface area (Å²) in [5, 5.41) is 7.26. The number of thiophene rings is 1. The molecule has 0 N–H and O–H groups in total. The lowest BCUT2D eigenvalue weighted by Gasteiger charge is -2.13. The minimum atomic E-state index is 0.650. The van der Waals surface area contributed by atoms with Crippen LogP contribution in [-0.4, -0.2) is 15.0 Å². The van der Waals surface area contributed by atoms with Gasteiger partial charge in [-0.15, -0.1) is 11.3 Å². The Hall–Kier alpha value is -6.49. The number of hydrogen-bond acceptors (Lipinski definition) is 4. The van der Waals surface area contributed by atoms with E-state index in [2.05, 4.69) is 170 Å². The summed E-state index contributed by atoms with van der Waals surface area (Å²) in [6.07, 6.45) is 0. The predicted octanol–water partition coefficient (Wildman–Crippen LogP) is 12.9. The molecule has 2 heterocycles. The van der Waals surface area contributed by atoms with E-state index >= 15 is 0 Å². The van der Waals surface area contributed by atoms with Gasteiger partial charge in [-0.1, -0.05) is 146 Å². The normalized spacial score (nSPS) is 11.5. The third-order valence-electron chi connectivity index (χ3n) is 9.71. The zero-order valence-corrected chi connectivity index (χ0v) is 28.3. The van der Waals surface area contributed by atoms with Gasteiger partial charge in [0.2, 0.25) is 0 Å². The van der Waals surface area contributed by atoms with E-state index in [-0.39, 0.29) is 0 Å². The number of fused-ring (bicyclic) bond motifs is 5. The maximum absolute atomic E-state index is 5.22. The topological polar surface area (TPSA) is 38.7 Å². The Bertz CT molecular complexity index is 2930. The van der Waals surface area contributed by atoms with Gasteiger partial charge in [0.05, 0.1) is 0 Å². The molecule has 0 aliphatic rings. The quantitative estimate of drug-likeness (QED) is 0.183. The van der Waals surface area contributed by atoms with Gasteiger partial charge in [0.25, 0.3) is 0 Å². The number of rotatable bonds is 5. The van der Waals surface area contributed by atoms with E-state index < -0.39 is 0 Å². The summed E-state index contributed by atoms with van der Waals surface area (Å²) in [6, 6.07) is 62.2. The van der Waals surface area contributed by atoms with Crippen molar-refractivity contribution in [1.29, 1.82) is 0 Å². The molecule has 238 valence electrons. The molecule has 0 unspecified atom stereocenters. The largest absolute Gasteiger partial charge is 0.208 e. The van der Waals surface area contributed by atoms with Crippen molar-refractivity contribution >= 4 is 53.1 Å². The van der Waals surface area contributed by atoms with E-state index in [0.717, 1.165) is 33.2 Å². The van der Waals surface area contributed by atoms with Crippen LogP contribution in [0.15, 0.2) is 176 Å². The summed E-state index contributed by atoms with van der Waals surface area (Å²) < 4.78 is 2.43. The van der Waals surface area contributed by atoms with Crippen LogP contribution in [0.4, 0.5) is 0 Å². The van der Waals surface area contributed by atoms with Gasteiger partial charge < -0.3 is 0 Å². The van der Waals surface area contributed by atoms with Crippen molar-refractivity contribution in [3.05, 3.63) is 176 Å². The first-order valence-electron chi connectivity index (χ1n) is 17.1. The van der Waals surface area contributed by atoms with Crippen LogP contribution in [-0.2, 0) is 0 Å². The SMILES string of the molecule is c1ccc(-c2ccccc2-c2nc(-c3ccc4cc(-c5ccc6ccccc6c5)ccc4c3)nc(-c3cccc4c3sc3ccccc34)n2)cc1. The van der Waals surface area contributed by atoms with Crippen molar-refractivity contribution in [3.8, 4) is 56.4 Å². The van der Waals surface area contributed by atoms with Gasteiger partial charge in [-0.3, -0.25) is 0 Å². The van der Waals surface area contributed by atoms with E-state index in [4.69, 9.17) is 15.0 Å². The summed E-state index contributed by atoms with van der Waals surface area (Å²) in [5.41, 5.74) is 7.54. The van der Waals surface area contributed by atoms with Gasteiger partial charge in [0.1, 0.15) is 0 Å². The second kappa shape index (κ2) is 12.1. The molecule has 0 aliphatic heterocycles. The van der Waals surface area contributed by atoms with Crippen LogP contribution in [0.1, 0.15) is 0 Å². The van der Waals surface area contributed by atoms with Crippen molar-refractivity contribution in [2.24, 2.45) is 0 Å². The lowest BCUT2D eigenvalue weighted by molar-refractivity contribution is 1.08. The summed E-state index contributed by atoms with van der Waals surface area (Å²) in [6.45, 7) is 0. The highest BCUT2D eigenvalue weighted by atomic mass is 32.1. The molecule has 0 radical (unpaired) electrons. The maximum atomic E-state index is 5.22. The Morgan fingerprint density at radius 1 is 0.314 bits per heavy atom. The number of aromatic nitrogens is 3.